The summed E-state index contributed by atoms with van der Waals surface area (Å²) in [6, 6.07) is 14.2. The third-order valence-electron chi connectivity index (χ3n) is 9.71. The van der Waals surface area contributed by atoms with Gasteiger partial charge in [0.15, 0.2) is 30.1 Å². The molecule has 3 fully saturated rings. The van der Waals surface area contributed by atoms with Crippen LogP contribution in [-0.2, 0) is 47.2 Å². The van der Waals surface area contributed by atoms with Crippen LogP contribution in [-0.4, -0.2) is 92.1 Å². The largest absolute Gasteiger partial charge is 0.756 e. The van der Waals surface area contributed by atoms with E-state index in [0.29, 0.717) is 22.5 Å². The van der Waals surface area contributed by atoms with Crippen molar-refractivity contribution in [1.82, 2.24) is 35.2 Å². The topological polar surface area (TPSA) is 309 Å². The number of methoxy groups -OCH3 is 1. The Kier molecular flexibility index (Phi) is 13.1. The van der Waals surface area contributed by atoms with E-state index < -0.39 is 94.2 Å². The van der Waals surface area contributed by atoms with Crippen molar-refractivity contribution >= 4 is 49.0 Å². The zero-order valence-corrected chi connectivity index (χ0v) is 35.0. The highest BCUT2D eigenvalue weighted by Crippen LogP contribution is 2.64. The predicted octanol–water partition coefficient (Wildman–Crippen LogP) is 3.34. The number of H-pyrrole nitrogens is 1. The minimum Gasteiger partial charge on any atom is -0.756 e. The number of nitrogens with zero attached hydrogens (tertiary/aromatic N) is 5. The molecule has 3 aliphatic heterocycles. The molecule has 22 nitrogen and oxygen atoms in total. The zero-order chi connectivity index (χ0) is 42.3. The van der Waals surface area contributed by atoms with Gasteiger partial charge in [0, 0.05) is 25.1 Å². The number of esters is 1. The first-order valence-corrected chi connectivity index (χ1v) is 22.6. The number of aryl methyl sites for hydroxylation is 1. The summed E-state index contributed by atoms with van der Waals surface area (Å²) in [5, 5.41) is 0. The maximum absolute atomic E-state index is 16.4. The van der Waals surface area contributed by atoms with Crippen molar-refractivity contribution in [2.75, 3.05) is 26.1 Å². The third-order valence-corrected chi connectivity index (χ3v) is 14.3. The number of fused-ring (bicyclic) bond motifs is 4. The molecule has 26 heteroatoms. The molecule has 61 heavy (non-hydrogen) atoms. The predicted molar refractivity (Wildman–Crippen MR) is 211 cm³/mol. The molecule has 0 saturated carbocycles. The lowest BCUT2D eigenvalue weighted by Crippen LogP contribution is -2.40. The molecule has 326 valence electrons. The average molecular weight is 909 g/mol. The lowest BCUT2D eigenvalue weighted by Gasteiger charge is -2.31. The Labute approximate surface area is 348 Å². The molecule has 0 aliphatic carbocycles. The van der Waals surface area contributed by atoms with Gasteiger partial charge in [0.1, 0.15) is 48.1 Å². The fraction of sp³-hybridized carbons (Fsp3) is 0.371. The van der Waals surface area contributed by atoms with E-state index in [0.717, 1.165) is 28.7 Å². The normalized spacial score (nSPS) is 30.4. The Morgan fingerprint density at radius 3 is 2.41 bits per heavy atom. The van der Waals surface area contributed by atoms with Gasteiger partial charge in [-0.2, -0.15) is 0 Å². The fourth-order valence-corrected chi connectivity index (χ4v) is 11.0. The van der Waals surface area contributed by atoms with Crippen molar-refractivity contribution < 1.29 is 60.3 Å². The Balaban J connectivity index is 0.00000561. The van der Waals surface area contributed by atoms with E-state index in [1.54, 1.807) is 36.4 Å². The number of imidazole rings is 1. The number of nitrogens with one attached hydrogen (secondary N) is 1. The van der Waals surface area contributed by atoms with Gasteiger partial charge in [0.05, 0.1) is 25.1 Å². The smallest absolute Gasteiger partial charge is 0.389 e. The van der Waals surface area contributed by atoms with E-state index in [2.05, 4.69) is 19.9 Å². The summed E-state index contributed by atoms with van der Waals surface area (Å²) in [4.78, 5) is 65.1. The van der Waals surface area contributed by atoms with Crippen LogP contribution in [0, 0.1) is 6.92 Å². The summed E-state index contributed by atoms with van der Waals surface area (Å²) in [5.74, 6) is -0.388. The number of carbonyl (C=O) groups excluding carboxylic acids is 1. The highest BCUT2D eigenvalue weighted by atomic mass is 32.7. The van der Waals surface area contributed by atoms with Crippen molar-refractivity contribution in [2.24, 2.45) is 0 Å². The first kappa shape index (κ1) is 44.4. The van der Waals surface area contributed by atoms with Crippen molar-refractivity contribution in [3.8, 4) is 5.75 Å². The number of hydrogen-bond acceptors (Lipinski definition) is 19. The number of benzene rings is 2. The molecule has 5 aromatic rings. The number of halogens is 1. The summed E-state index contributed by atoms with van der Waals surface area (Å²) in [7, 11) is -4.21. The molecule has 2 aromatic carbocycles. The van der Waals surface area contributed by atoms with Crippen LogP contribution in [0.4, 0.5) is 10.2 Å². The maximum atomic E-state index is 16.4. The minimum absolute atomic E-state index is 0. The van der Waals surface area contributed by atoms with Gasteiger partial charge in [-0.3, -0.25) is 32.5 Å². The molecule has 0 amide bonds. The number of alkyl halides is 1. The van der Waals surface area contributed by atoms with Gasteiger partial charge >= 0.3 is 18.5 Å². The van der Waals surface area contributed by atoms with Gasteiger partial charge in [-0.1, -0.05) is 29.8 Å². The van der Waals surface area contributed by atoms with Gasteiger partial charge < -0.3 is 44.8 Å². The van der Waals surface area contributed by atoms with Crippen molar-refractivity contribution in [3.05, 3.63) is 111 Å². The minimum atomic E-state index is -5.45. The van der Waals surface area contributed by atoms with Gasteiger partial charge in [0.2, 0.25) is 0 Å². The van der Waals surface area contributed by atoms with Crippen LogP contribution in [0.25, 0.3) is 11.2 Å². The van der Waals surface area contributed by atoms with Crippen LogP contribution in [0.3, 0.4) is 0 Å². The number of aromatic amines is 1. The standard InChI is InChI=1S/C35H36FN7O14P2S.H3N/c1-18-3-7-20(8-4-18)34(45)53-21-9-5-19(6-10-21)15-60-59(49)52-13-22-25(36)28(32(54-22)43-17-40-26-30(37)38-16-39-31(26)43)56-58(47,48)51-14-23-27(57-59)29(50-2)33(55-23)42-12-11-24(44)41-35(42)46;/h3-12,16-17,22-23,25,27-29,32-33H,13-15H2,1-2H3,(H,47,48)(H2,37,38,39)(H,41,44,46);1H3/t22-,23-,25-,27-,28-,29-,32-,33-,59-;/m1./s1. The Bertz CT molecular complexity index is 2600. The summed E-state index contributed by atoms with van der Waals surface area (Å²) >= 11 is 0.683. The van der Waals surface area contributed by atoms with Gasteiger partial charge in [0.25, 0.3) is 13.4 Å². The summed E-state index contributed by atoms with van der Waals surface area (Å²) in [6.07, 6.45) is -9.47. The van der Waals surface area contributed by atoms with E-state index in [1.807, 2.05) is 6.92 Å². The Morgan fingerprint density at radius 1 is 0.967 bits per heavy atom. The number of aromatic nitrogens is 6. The van der Waals surface area contributed by atoms with Gasteiger partial charge in [-0.15, -0.1) is 0 Å². The van der Waals surface area contributed by atoms with Crippen LogP contribution in [0.2, 0.25) is 0 Å². The molecule has 0 spiro atoms. The quantitative estimate of drug-likeness (QED) is 0.114. The number of ether oxygens (including phenoxy) is 4. The van der Waals surface area contributed by atoms with Crippen LogP contribution < -0.4 is 32.8 Å². The third kappa shape index (κ3) is 9.40. The number of nitrogens with two attached hydrogens (primary N) is 1. The van der Waals surface area contributed by atoms with Crippen molar-refractivity contribution in [1.29, 1.82) is 0 Å². The van der Waals surface area contributed by atoms with Crippen LogP contribution >= 0.6 is 26.0 Å². The molecule has 10 atom stereocenters. The highest BCUT2D eigenvalue weighted by Gasteiger charge is 2.54. The van der Waals surface area contributed by atoms with E-state index in [-0.39, 0.29) is 34.6 Å². The van der Waals surface area contributed by atoms with Crippen molar-refractivity contribution in [2.45, 2.75) is 61.8 Å². The summed E-state index contributed by atoms with van der Waals surface area (Å²) < 4.78 is 92.7. The van der Waals surface area contributed by atoms with E-state index in [9.17, 15) is 28.4 Å². The number of phosphoric ester groups is 1. The molecular formula is C35H39FN8O14P2S. The molecule has 8 rings (SSSR count). The second-order valence-corrected chi connectivity index (χ2v) is 19.1. The first-order valence-electron chi connectivity index (χ1n) is 18.0. The van der Waals surface area contributed by atoms with Crippen molar-refractivity contribution in [3.63, 3.8) is 0 Å². The number of phosphoric acid groups is 1. The molecule has 6 heterocycles. The van der Waals surface area contributed by atoms with Crippen LogP contribution in [0.5, 0.6) is 5.75 Å². The van der Waals surface area contributed by atoms with Crippen LogP contribution in [0.1, 0.15) is 33.9 Å². The molecule has 0 radical (unpaired) electrons. The van der Waals surface area contributed by atoms with Crippen LogP contribution in [0.15, 0.2) is 83.0 Å². The fourth-order valence-electron chi connectivity index (χ4n) is 6.71. The highest BCUT2D eigenvalue weighted by molar-refractivity contribution is 8.54. The van der Waals surface area contributed by atoms with Gasteiger partial charge in [-0.05, 0) is 48.1 Å². The number of hydrogen-bond donors (Lipinski definition) is 3. The van der Waals surface area contributed by atoms with E-state index in [1.165, 1.54) is 30.1 Å². The molecule has 3 aromatic heterocycles. The van der Waals surface area contributed by atoms with Gasteiger partial charge in [-0.25, -0.2) is 33.5 Å². The summed E-state index contributed by atoms with van der Waals surface area (Å²) in [5.41, 5.74) is 6.40. The SMILES string of the molecule is CO[C@@H]1[C@@H]2O[P@](=O)(SCc3ccc(OC(=O)c4ccc(C)cc4)cc3)OC[C@H]3O[C@@H](n4cnc5c(N)ncnc54)[C@H](OP(=O)([O-])OC[C@H]2O[C@H]1n1ccc(=O)[nH]c1=O)[C@@H]3F.[NH4+]. The number of rotatable bonds is 8. The second-order valence-electron chi connectivity index (χ2n) is 13.7. The molecule has 1 unspecified atom stereocenters. The molecular weight excluding hydrogens is 869 g/mol. The number of nitrogen functional groups attached to an aromatic ring is 1. The number of anilines is 1. The number of carbonyl (C=O) groups is 1. The summed E-state index contributed by atoms with van der Waals surface area (Å²) in [6.45, 7) is -4.26. The monoisotopic (exact) mass is 908 g/mol. The first-order chi connectivity index (χ1) is 28.7. The molecule has 3 aliphatic rings. The average Bonchev–Trinajstić information content (AvgIpc) is 3.89. The van der Waals surface area contributed by atoms with E-state index in [4.69, 9.17) is 42.8 Å². The van der Waals surface area contributed by atoms with E-state index >= 15 is 4.39 Å². The molecule has 7 N–H and O–H groups in total. The zero-order valence-electron chi connectivity index (χ0n) is 32.4. The molecule has 3 saturated heterocycles. The maximum Gasteiger partial charge on any atom is 0.389 e. The Morgan fingerprint density at radius 2 is 1.69 bits per heavy atom. The Hall–Kier alpha value is -4.68. The lowest BCUT2D eigenvalue weighted by molar-refractivity contribution is -0.236. The number of quaternary nitrogens is 1. The lowest BCUT2D eigenvalue weighted by atomic mass is 10.1. The second kappa shape index (κ2) is 18.0. The molecule has 2 bridgehead atoms.